The van der Waals surface area contributed by atoms with Crippen LogP contribution in [0.15, 0.2) is 34.7 Å². The number of nitrogens with zero attached hydrogens (tertiary/aromatic N) is 1. The molecular formula is C14H11F2NO4. The summed E-state index contributed by atoms with van der Waals surface area (Å²) in [5.41, 5.74) is 0.148. The fourth-order valence-corrected chi connectivity index (χ4v) is 1.64. The molecule has 5 nitrogen and oxygen atoms in total. The van der Waals surface area contributed by atoms with Gasteiger partial charge in [0.25, 0.3) is 5.91 Å². The van der Waals surface area contributed by atoms with Crippen molar-refractivity contribution in [3.8, 4) is 0 Å². The molecule has 0 unspecified atom stereocenters. The van der Waals surface area contributed by atoms with Gasteiger partial charge in [-0.15, -0.1) is 0 Å². The van der Waals surface area contributed by atoms with Gasteiger partial charge in [0.1, 0.15) is 0 Å². The van der Waals surface area contributed by atoms with Crippen molar-refractivity contribution in [1.29, 1.82) is 0 Å². The highest BCUT2D eigenvalue weighted by Gasteiger charge is 2.20. The largest absolute Gasteiger partial charge is 0.463 e. The standard InChI is InChI=1S/C14H11F2NO4/c1-17(8-3-4-9(15)10(16)7-8)13(18)11-5-6-12(21-11)14(19)20-2/h3-7H,1-2H3. The van der Waals surface area contributed by atoms with Gasteiger partial charge in [-0.05, 0) is 24.3 Å². The van der Waals surface area contributed by atoms with Crippen LogP contribution in [0, 0.1) is 11.6 Å². The number of furan rings is 1. The first-order chi connectivity index (χ1) is 9.93. The Labute approximate surface area is 118 Å². The molecule has 1 aromatic carbocycles. The first-order valence-electron chi connectivity index (χ1n) is 5.85. The number of benzene rings is 1. The van der Waals surface area contributed by atoms with E-state index in [4.69, 9.17) is 4.42 Å². The number of methoxy groups -OCH3 is 1. The Morgan fingerprint density at radius 1 is 1.10 bits per heavy atom. The summed E-state index contributed by atoms with van der Waals surface area (Å²) in [7, 11) is 2.55. The number of carbonyl (C=O) groups excluding carboxylic acids is 2. The number of hydrogen-bond acceptors (Lipinski definition) is 4. The number of hydrogen-bond donors (Lipinski definition) is 0. The number of rotatable bonds is 3. The van der Waals surface area contributed by atoms with Crippen LogP contribution in [-0.4, -0.2) is 26.0 Å². The lowest BCUT2D eigenvalue weighted by molar-refractivity contribution is 0.0563. The molecule has 0 fully saturated rings. The molecule has 0 bridgehead atoms. The van der Waals surface area contributed by atoms with Gasteiger partial charge in [-0.25, -0.2) is 13.6 Å². The minimum atomic E-state index is -1.07. The van der Waals surface area contributed by atoms with E-state index in [-0.39, 0.29) is 17.2 Å². The molecule has 0 spiro atoms. The van der Waals surface area contributed by atoms with Crippen molar-refractivity contribution in [3.05, 3.63) is 53.5 Å². The molecule has 0 aliphatic heterocycles. The third-order valence-electron chi connectivity index (χ3n) is 2.80. The molecule has 0 radical (unpaired) electrons. The predicted molar refractivity (Wildman–Crippen MR) is 69.1 cm³/mol. The Balaban J connectivity index is 2.24. The number of ether oxygens (including phenoxy) is 1. The van der Waals surface area contributed by atoms with Crippen LogP contribution in [0.4, 0.5) is 14.5 Å². The lowest BCUT2D eigenvalue weighted by Gasteiger charge is -2.15. The molecule has 0 aliphatic rings. The van der Waals surface area contributed by atoms with E-state index in [2.05, 4.69) is 4.74 Å². The number of carbonyl (C=O) groups is 2. The topological polar surface area (TPSA) is 59.8 Å². The van der Waals surface area contributed by atoms with Crippen LogP contribution in [0.1, 0.15) is 21.1 Å². The molecule has 1 heterocycles. The molecular weight excluding hydrogens is 284 g/mol. The summed E-state index contributed by atoms with van der Waals surface area (Å²) in [6.45, 7) is 0. The molecule has 1 aromatic heterocycles. The SMILES string of the molecule is COC(=O)c1ccc(C(=O)N(C)c2ccc(F)c(F)c2)o1. The van der Waals surface area contributed by atoms with E-state index in [0.717, 1.165) is 17.0 Å². The Bertz CT molecular complexity index is 696. The van der Waals surface area contributed by atoms with Crippen LogP contribution >= 0.6 is 0 Å². The zero-order chi connectivity index (χ0) is 15.6. The summed E-state index contributed by atoms with van der Waals surface area (Å²) in [4.78, 5) is 24.4. The highest BCUT2D eigenvalue weighted by molar-refractivity contribution is 6.04. The zero-order valence-electron chi connectivity index (χ0n) is 11.2. The van der Waals surface area contributed by atoms with E-state index in [1.807, 2.05) is 0 Å². The summed E-state index contributed by atoms with van der Waals surface area (Å²) in [6.07, 6.45) is 0. The summed E-state index contributed by atoms with van der Waals surface area (Å²) in [5.74, 6) is -3.66. The van der Waals surface area contributed by atoms with E-state index >= 15 is 0 Å². The maximum absolute atomic E-state index is 13.2. The summed E-state index contributed by atoms with van der Waals surface area (Å²) < 4.78 is 35.5. The molecule has 2 rings (SSSR count). The van der Waals surface area contributed by atoms with Gasteiger partial charge in [0, 0.05) is 18.8 Å². The van der Waals surface area contributed by atoms with Crippen LogP contribution < -0.4 is 4.90 Å². The highest BCUT2D eigenvalue weighted by Crippen LogP contribution is 2.20. The van der Waals surface area contributed by atoms with Crippen LogP contribution in [0.3, 0.4) is 0 Å². The average molecular weight is 295 g/mol. The number of anilines is 1. The van der Waals surface area contributed by atoms with Crippen LogP contribution in [0.2, 0.25) is 0 Å². The molecule has 0 atom stereocenters. The third kappa shape index (κ3) is 2.91. The first-order valence-corrected chi connectivity index (χ1v) is 5.85. The Morgan fingerprint density at radius 3 is 2.38 bits per heavy atom. The fourth-order valence-electron chi connectivity index (χ4n) is 1.64. The minimum absolute atomic E-state index is 0.123. The molecule has 0 saturated carbocycles. The van der Waals surface area contributed by atoms with Gasteiger partial charge in [-0.2, -0.15) is 0 Å². The van der Waals surface area contributed by atoms with Gasteiger partial charge in [0.05, 0.1) is 7.11 Å². The highest BCUT2D eigenvalue weighted by atomic mass is 19.2. The van der Waals surface area contributed by atoms with Crippen LogP contribution in [0.25, 0.3) is 0 Å². The van der Waals surface area contributed by atoms with E-state index in [1.165, 1.54) is 32.4 Å². The lowest BCUT2D eigenvalue weighted by atomic mass is 10.2. The van der Waals surface area contributed by atoms with E-state index in [9.17, 15) is 18.4 Å². The van der Waals surface area contributed by atoms with Crippen molar-refractivity contribution >= 4 is 17.6 Å². The predicted octanol–water partition coefficient (Wildman–Crippen LogP) is 2.62. The molecule has 0 aliphatic carbocycles. The van der Waals surface area contributed by atoms with Gasteiger partial charge in [0.2, 0.25) is 5.76 Å². The van der Waals surface area contributed by atoms with Crippen LogP contribution in [0.5, 0.6) is 0 Å². The summed E-state index contributed by atoms with van der Waals surface area (Å²) in [6, 6.07) is 5.64. The van der Waals surface area contributed by atoms with E-state index in [0.29, 0.717) is 0 Å². The first kappa shape index (κ1) is 14.7. The molecule has 0 saturated heterocycles. The average Bonchev–Trinajstić information content (AvgIpc) is 2.97. The smallest absolute Gasteiger partial charge is 0.373 e. The minimum Gasteiger partial charge on any atom is -0.463 e. The number of halogens is 2. The number of esters is 1. The van der Waals surface area contributed by atoms with E-state index < -0.39 is 23.5 Å². The maximum Gasteiger partial charge on any atom is 0.373 e. The molecule has 2 aromatic rings. The fraction of sp³-hybridized carbons (Fsp3) is 0.143. The van der Waals surface area contributed by atoms with Gasteiger partial charge in [0.15, 0.2) is 17.4 Å². The van der Waals surface area contributed by atoms with Gasteiger partial charge in [-0.1, -0.05) is 0 Å². The van der Waals surface area contributed by atoms with Gasteiger partial charge in [-0.3, -0.25) is 4.79 Å². The molecule has 7 heteroatoms. The van der Waals surface area contributed by atoms with E-state index in [1.54, 1.807) is 0 Å². The second-order valence-electron chi connectivity index (χ2n) is 4.12. The van der Waals surface area contributed by atoms with Gasteiger partial charge >= 0.3 is 5.97 Å². The van der Waals surface area contributed by atoms with Crippen LogP contribution in [-0.2, 0) is 4.74 Å². The quantitative estimate of drug-likeness (QED) is 0.817. The van der Waals surface area contributed by atoms with Crippen molar-refractivity contribution in [1.82, 2.24) is 0 Å². The van der Waals surface area contributed by atoms with Crippen molar-refractivity contribution in [2.75, 3.05) is 19.1 Å². The molecule has 0 N–H and O–H groups in total. The monoisotopic (exact) mass is 295 g/mol. The molecule has 110 valence electrons. The van der Waals surface area contributed by atoms with Crippen molar-refractivity contribution in [3.63, 3.8) is 0 Å². The lowest BCUT2D eigenvalue weighted by Crippen LogP contribution is -2.26. The normalized spacial score (nSPS) is 10.3. The number of amides is 1. The molecule has 1 amide bonds. The summed E-state index contributed by atoms with van der Waals surface area (Å²) >= 11 is 0. The van der Waals surface area contributed by atoms with Crippen molar-refractivity contribution < 1.29 is 27.5 Å². The Kier molecular flexibility index (Phi) is 4.02. The van der Waals surface area contributed by atoms with Gasteiger partial charge < -0.3 is 14.1 Å². The Morgan fingerprint density at radius 2 is 1.76 bits per heavy atom. The summed E-state index contributed by atoms with van der Waals surface area (Å²) in [5, 5.41) is 0. The third-order valence-corrected chi connectivity index (χ3v) is 2.80. The molecule has 21 heavy (non-hydrogen) atoms. The second kappa shape index (κ2) is 5.74. The second-order valence-corrected chi connectivity index (χ2v) is 4.12. The zero-order valence-corrected chi connectivity index (χ0v) is 11.2. The maximum atomic E-state index is 13.2. The van der Waals surface area contributed by atoms with Crippen molar-refractivity contribution in [2.24, 2.45) is 0 Å². The Hall–Kier alpha value is -2.70. The van der Waals surface area contributed by atoms with Crippen molar-refractivity contribution in [2.45, 2.75) is 0 Å².